The second kappa shape index (κ2) is 5.35. The van der Waals surface area contributed by atoms with Crippen LogP contribution in [0.3, 0.4) is 0 Å². The van der Waals surface area contributed by atoms with Crippen molar-refractivity contribution >= 4 is 5.69 Å². The smallest absolute Gasteiger partial charge is 0.122 e. The predicted molar refractivity (Wildman–Crippen MR) is 79.0 cm³/mol. The molecule has 0 amide bonds. The molecule has 19 heavy (non-hydrogen) atoms. The summed E-state index contributed by atoms with van der Waals surface area (Å²) in [5.41, 5.74) is 3.88. The standard InChI is InChI=1S/C17H19NO/c1-2-13-7-9-15(10-8-13)18-11-14-12-19-17-6-4-3-5-16(14)17/h3-10,14,18H,2,11-12H2,1H3. The van der Waals surface area contributed by atoms with Crippen molar-refractivity contribution in [2.24, 2.45) is 0 Å². The van der Waals surface area contributed by atoms with E-state index in [-0.39, 0.29) is 0 Å². The van der Waals surface area contributed by atoms with Crippen molar-refractivity contribution in [1.82, 2.24) is 0 Å². The van der Waals surface area contributed by atoms with Crippen molar-refractivity contribution in [2.75, 3.05) is 18.5 Å². The molecule has 0 spiro atoms. The predicted octanol–water partition coefficient (Wildman–Crippen LogP) is 3.84. The zero-order chi connectivity index (χ0) is 13.1. The topological polar surface area (TPSA) is 21.3 Å². The fourth-order valence-electron chi connectivity index (χ4n) is 2.50. The average Bonchev–Trinajstić information content (AvgIpc) is 2.89. The first kappa shape index (κ1) is 12.1. The van der Waals surface area contributed by atoms with Crippen LogP contribution in [-0.4, -0.2) is 13.2 Å². The van der Waals surface area contributed by atoms with Gasteiger partial charge >= 0.3 is 0 Å². The summed E-state index contributed by atoms with van der Waals surface area (Å²) in [5.74, 6) is 1.48. The minimum Gasteiger partial charge on any atom is -0.493 e. The number of aryl methyl sites for hydroxylation is 1. The molecule has 0 saturated carbocycles. The summed E-state index contributed by atoms with van der Waals surface area (Å²) < 4.78 is 5.70. The van der Waals surface area contributed by atoms with E-state index >= 15 is 0 Å². The van der Waals surface area contributed by atoms with E-state index < -0.39 is 0 Å². The van der Waals surface area contributed by atoms with Gasteiger partial charge in [0.05, 0.1) is 6.61 Å². The fourth-order valence-corrected chi connectivity index (χ4v) is 2.50. The van der Waals surface area contributed by atoms with E-state index in [0.29, 0.717) is 5.92 Å². The Morgan fingerprint density at radius 2 is 1.89 bits per heavy atom. The van der Waals surface area contributed by atoms with E-state index in [9.17, 15) is 0 Å². The summed E-state index contributed by atoms with van der Waals surface area (Å²) >= 11 is 0. The van der Waals surface area contributed by atoms with Crippen LogP contribution >= 0.6 is 0 Å². The summed E-state index contributed by atoms with van der Waals surface area (Å²) in [6, 6.07) is 17.0. The van der Waals surface area contributed by atoms with Crippen LogP contribution in [0.5, 0.6) is 5.75 Å². The number of nitrogens with one attached hydrogen (secondary N) is 1. The molecule has 2 nitrogen and oxygen atoms in total. The van der Waals surface area contributed by atoms with Crippen LogP contribution < -0.4 is 10.1 Å². The summed E-state index contributed by atoms with van der Waals surface area (Å²) in [7, 11) is 0. The molecule has 0 fully saturated rings. The molecule has 1 atom stereocenters. The number of fused-ring (bicyclic) bond motifs is 1. The van der Waals surface area contributed by atoms with E-state index in [0.717, 1.165) is 25.3 Å². The van der Waals surface area contributed by atoms with Crippen molar-refractivity contribution in [3.63, 3.8) is 0 Å². The number of para-hydroxylation sites is 1. The molecule has 1 aliphatic heterocycles. The van der Waals surface area contributed by atoms with E-state index in [1.165, 1.54) is 16.8 Å². The van der Waals surface area contributed by atoms with E-state index in [1.807, 2.05) is 12.1 Å². The van der Waals surface area contributed by atoms with Gasteiger partial charge in [-0.05, 0) is 30.2 Å². The number of hydrogen-bond acceptors (Lipinski definition) is 2. The molecular formula is C17H19NO. The molecule has 0 bridgehead atoms. The summed E-state index contributed by atoms with van der Waals surface area (Å²) in [4.78, 5) is 0. The lowest BCUT2D eigenvalue weighted by Gasteiger charge is -2.12. The van der Waals surface area contributed by atoms with Gasteiger partial charge in [0.1, 0.15) is 5.75 Å². The summed E-state index contributed by atoms with van der Waals surface area (Å²) in [5, 5.41) is 3.50. The van der Waals surface area contributed by atoms with Crippen molar-refractivity contribution in [3.8, 4) is 5.75 Å². The van der Waals surface area contributed by atoms with Crippen molar-refractivity contribution < 1.29 is 4.74 Å². The molecule has 1 N–H and O–H groups in total. The Hall–Kier alpha value is -1.96. The fraction of sp³-hybridized carbons (Fsp3) is 0.294. The highest BCUT2D eigenvalue weighted by molar-refractivity contribution is 5.46. The highest BCUT2D eigenvalue weighted by atomic mass is 16.5. The molecule has 1 unspecified atom stereocenters. The van der Waals surface area contributed by atoms with Crippen LogP contribution in [0.25, 0.3) is 0 Å². The van der Waals surface area contributed by atoms with E-state index in [1.54, 1.807) is 0 Å². The van der Waals surface area contributed by atoms with Crippen LogP contribution in [0, 0.1) is 0 Å². The van der Waals surface area contributed by atoms with Gasteiger partial charge in [0.15, 0.2) is 0 Å². The Balaban J connectivity index is 1.64. The molecular weight excluding hydrogens is 234 g/mol. The maximum absolute atomic E-state index is 5.70. The molecule has 0 aliphatic carbocycles. The third-order valence-corrected chi connectivity index (χ3v) is 3.71. The third kappa shape index (κ3) is 2.58. The normalized spacial score (nSPS) is 16.8. The van der Waals surface area contributed by atoms with Gasteiger partial charge in [0.25, 0.3) is 0 Å². The van der Waals surface area contributed by atoms with Crippen LogP contribution in [0.15, 0.2) is 48.5 Å². The number of rotatable bonds is 4. The lowest BCUT2D eigenvalue weighted by Crippen LogP contribution is -2.13. The van der Waals surface area contributed by atoms with Gasteiger partial charge in [-0.25, -0.2) is 0 Å². The molecule has 2 aromatic rings. The molecule has 98 valence electrons. The van der Waals surface area contributed by atoms with E-state index in [2.05, 4.69) is 48.6 Å². The lowest BCUT2D eigenvalue weighted by molar-refractivity contribution is 0.334. The van der Waals surface area contributed by atoms with Gasteiger partial charge in [0.2, 0.25) is 0 Å². The summed E-state index contributed by atoms with van der Waals surface area (Å²) in [6.07, 6.45) is 1.09. The second-order valence-corrected chi connectivity index (χ2v) is 4.98. The number of hydrogen-bond donors (Lipinski definition) is 1. The Kier molecular flexibility index (Phi) is 3.41. The third-order valence-electron chi connectivity index (χ3n) is 3.71. The van der Waals surface area contributed by atoms with Gasteiger partial charge in [-0.15, -0.1) is 0 Å². The van der Waals surface area contributed by atoms with Crippen molar-refractivity contribution in [3.05, 3.63) is 59.7 Å². The SMILES string of the molecule is CCc1ccc(NCC2COc3ccccc32)cc1. The Bertz CT molecular complexity index is 547. The van der Waals surface area contributed by atoms with Gasteiger partial charge in [-0.1, -0.05) is 37.3 Å². The minimum absolute atomic E-state index is 0.446. The van der Waals surface area contributed by atoms with Crippen LogP contribution in [0.1, 0.15) is 24.0 Å². The quantitative estimate of drug-likeness (QED) is 0.894. The summed E-state index contributed by atoms with van der Waals surface area (Å²) in [6.45, 7) is 3.87. The Morgan fingerprint density at radius 3 is 2.68 bits per heavy atom. The minimum atomic E-state index is 0.446. The van der Waals surface area contributed by atoms with Crippen molar-refractivity contribution in [1.29, 1.82) is 0 Å². The molecule has 0 aromatic heterocycles. The zero-order valence-corrected chi connectivity index (χ0v) is 11.2. The highest BCUT2D eigenvalue weighted by Gasteiger charge is 2.22. The number of benzene rings is 2. The lowest BCUT2D eigenvalue weighted by atomic mass is 10.0. The molecule has 1 aliphatic rings. The Morgan fingerprint density at radius 1 is 1.11 bits per heavy atom. The van der Waals surface area contributed by atoms with Gasteiger partial charge in [-0.2, -0.15) is 0 Å². The first-order valence-corrected chi connectivity index (χ1v) is 6.91. The monoisotopic (exact) mass is 253 g/mol. The molecule has 3 rings (SSSR count). The molecule has 0 radical (unpaired) electrons. The maximum atomic E-state index is 5.70. The largest absolute Gasteiger partial charge is 0.493 e. The van der Waals surface area contributed by atoms with Crippen LogP contribution in [0.2, 0.25) is 0 Å². The van der Waals surface area contributed by atoms with Gasteiger partial charge in [0, 0.05) is 23.7 Å². The van der Waals surface area contributed by atoms with Crippen LogP contribution in [-0.2, 0) is 6.42 Å². The first-order chi connectivity index (χ1) is 9.36. The molecule has 2 heteroatoms. The average molecular weight is 253 g/mol. The van der Waals surface area contributed by atoms with Gasteiger partial charge in [-0.3, -0.25) is 0 Å². The van der Waals surface area contributed by atoms with E-state index in [4.69, 9.17) is 4.74 Å². The number of ether oxygens (including phenoxy) is 1. The van der Waals surface area contributed by atoms with Crippen molar-refractivity contribution in [2.45, 2.75) is 19.3 Å². The molecule has 2 aromatic carbocycles. The Labute approximate surface area is 114 Å². The first-order valence-electron chi connectivity index (χ1n) is 6.91. The number of anilines is 1. The zero-order valence-electron chi connectivity index (χ0n) is 11.2. The van der Waals surface area contributed by atoms with Gasteiger partial charge < -0.3 is 10.1 Å². The van der Waals surface area contributed by atoms with Crippen LogP contribution in [0.4, 0.5) is 5.69 Å². The maximum Gasteiger partial charge on any atom is 0.122 e. The highest BCUT2D eigenvalue weighted by Crippen LogP contribution is 2.33. The molecule has 0 saturated heterocycles. The molecule has 1 heterocycles. The second-order valence-electron chi connectivity index (χ2n) is 4.98.